The van der Waals surface area contributed by atoms with Crippen LogP contribution in [0.4, 0.5) is 0 Å². The van der Waals surface area contributed by atoms with E-state index in [1.807, 2.05) is 6.92 Å². The number of nitrogens with zero attached hydrogens (tertiary/aromatic N) is 1. The number of rotatable bonds is 4. The predicted octanol–water partition coefficient (Wildman–Crippen LogP) is 1.20. The summed E-state index contributed by atoms with van der Waals surface area (Å²) in [5.41, 5.74) is -0.315. The first-order chi connectivity index (χ1) is 8.55. The second-order valence-electron chi connectivity index (χ2n) is 6.05. The molecular weight excluding hydrogens is 228 g/mol. The minimum Gasteiger partial charge on any atom is -0.359 e. The quantitative estimate of drug-likeness (QED) is 0.818. The summed E-state index contributed by atoms with van der Waals surface area (Å²) in [7, 11) is 1.68. The van der Waals surface area contributed by atoms with Gasteiger partial charge in [-0.3, -0.25) is 14.5 Å². The van der Waals surface area contributed by atoms with Crippen molar-refractivity contribution in [2.75, 3.05) is 26.7 Å². The second-order valence-corrected chi connectivity index (χ2v) is 6.05. The zero-order valence-electron chi connectivity index (χ0n) is 11.5. The summed E-state index contributed by atoms with van der Waals surface area (Å²) in [5, 5.41) is 2.73. The fourth-order valence-corrected chi connectivity index (χ4v) is 3.28. The minimum absolute atomic E-state index is 0.0957. The SMILES string of the molecule is CNC(=O)C1(C)CCN(CC(=O)C2CCCC2)C1. The molecule has 102 valence electrons. The van der Waals surface area contributed by atoms with Gasteiger partial charge in [0.15, 0.2) is 0 Å². The number of amides is 1. The van der Waals surface area contributed by atoms with Gasteiger partial charge in [-0.05, 0) is 32.7 Å². The number of likely N-dealkylation sites (tertiary alicyclic amines) is 1. The number of ketones is 1. The van der Waals surface area contributed by atoms with Gasteiger partial charge >= 0.3 is 0 Å². The maximum absolute atomic E-state index is 12.1. The molecule has 1 amide bonds. The second kappa shape index (κ2) is 5.39. The summed E-state index contributed by atoms with van der Waals surface area (Å²) in [6.45, 7) is 4.11. The Hall–Kier alpha value is -0.900. The van der Waals surface area contributed by atoms with E-state index in [9.17, 15) is 9.59 Å². The molecule has 1 saturated carbocycles. The molecule has 18 heavy (non-hydrogen) atoms. The molecule has 0 radical (unpaired) electrons. The molecule has 1 aliphatic heterocycles. The van der Waals surface area contributed by atoms with Crippen LogP contribution < -0.4 is 5.32 Å². The molecule has 0 spiro atoms. The lowest BCUT2D eigenvalue weighted by atomic mass is 9.89. The van der Waals surface area contributed by atoms with Crippen LogP contribution in [0.5, 0.6) is 0 Å². The smallest absolute Gasteiger partial charge is 0.227 e. The molecule has 1 aliphatic carbocycles. The highest BCUT2D eigenvalue weighted by atomic mass is 16.2. The van der Waals surface area contributed by atoms with Crippen molar-refractivity contribution >= 4 is 11.7 Å². The molecular formula is C14H24N2O2. The van der Waals surface area contributed by atoms with E-state index in [0.29, 0.717) is 18.9 Å². The van der Waals surface area contributed by atoms with Crippen molar-refractivity contribution in [3.8, 4) is 0 Å². The minimum atomic E-state index is -0.315. The first-order valence-corrected chi connectivity index (χ1v) is 7.02. The first kappa shape index (κ1) is 13.5. The summed E-state index contributed by atoms with van der Waals surface area (Å²) in [6.07, 6.45) is 5.39. The maximum atomic E-state index is 12.1. The van der Waals surface area contributed by atoms with Crippen LogP contribution in [0.3, 0.4) is 0 Å². The number of carbonyl (C=O) groups excluding carboxylic acids is 2. The standard InChI is InChI=1S/C14H24N2O2/c1-14(13(18)15-2)7-8-16(10-14)9-12(17)11-5-3-4-6-11/h11H,3-10H2,1-2H3,(H,15,18). The molecule has 2 fully saturated rings. The molecule has 1 N–H and O–H groups in total. The molecule has 4 heteroatoms. The monoisotopic (exact) mass is 252 g/mol. The Morgan fingerprint density at radius 2 is 2.00 bits per heavy atom. The average Bonchev–Trinajstić information content (AvgIpc) is 2.98. The number of hydrogen-bond donors (Lipinski definition) is 1. The van der Waals surface area contributed by atoms with Crippen molar-refractivity contribution in [3.05, 3.63) is 0 Å². The van der Waals surface area contributed by atoms with E-state index in [1.165, 1.54) is 12.8 Å². The largest absolute Gasteiger partial charge is 0.359 e. The Bertz CT molecular complexity index is 337. The van der Waals surface area contributed by atoms with Crippen LogP contribution in [0, 0.1) is 11.3 Å². The third-order valence-corrected chi connectivity index (χ3v) is 4.52. The summed E-state index contributed by atoms with van der Waals surface area (Å²) in [6, 6.07) is 0. The van der Waals surface area contributed by atoms with Crippen molar-refractivity contribution in [3.63, 3.8) is 0 Å². The van der Waals surface area contributed by atoms with Crippen molar-refractivity contribution in [1.82, 2.24) is 10.2 Å². The Morgan fingerprint density at radius 1 is 1.33 bits per heavy atom. The molecule has 0 bridgehead atoms. The highest BCUT2D eigenvalue weighted by molar-refractivity contribution is 5.84. The Labute approximate surface area is 109 Å². The molecule has 1 heterocycles. The molecule has 2 rings (SSSR count). The maximum Gasteiger partial charge on any atom is 0.227 e. The van der Waals surface area contributed by atoms with Crippen LogP contribution >= 0.6 is 0 Å². The van der Waals surface area contributed by atoms with Gasteiger partial charge in [0.2, 0.25) is 5.91 Å². The zero-order valence-corrected chi connectivity index (χ0v) is 11.5. The van der Waals surface area contributed by atoms with E-state index in [4.69, 9.17) is 0 Å². The van der Waals surface area contributed by atoms with Gasteiger partial charge < -0.3 is 5.32 Å². The fraction of sp³-hybridized carbons (Fsp3) is 0.857. The molecule has 2 aliphatic rings. The van der Waals surface area contributed by atoms with E-state index in [2.05, 4.69) is 10.2 Å². The lowest BCUT2D eigenvalue weighted by molar-refractivity contribution is -0.129. The summed E-state index contributed by atoms with van der Waals surface area (Å²) in [5.74, 6) is 0.767. The van der Waals surface area contributed by atoms with Gasteiger partial charge in [0.25, 0.3) is 0 Å². The average molecular weight is 252 g/mol. The highest BCUT2D eigenvalue weighted by Gasteiger charge is 2.40. The topological polar surface area (TPSA) is 49.4 Å². The van der Waals surface area contributed by atoms with Gasteiger partial charge in [-0.15, -0.1) is 0 Å². The number of Topliss-reactive ketones (excluding diaryl/α,β-unsaturated/α-hetero) is 1. The molecule has 1 atom stereocenters. The van der Waals surface area contributed by atoms with Gasteiger partial charge in [0.1, 0.15) is 5.78 Å². The molecule has 0 aromatic rings. The van der Waals surface area contributed by atoms with Crippen LogP contribution in [0.1, 0.15) is 39.0 Å². The van der Waals surface area contributed by atoms with Gasteiger partial charge in [0.05, 0.1) is 12.0 Å². The first-order valence-electron chi connectivity index (χ1n) is 7.02. The van der Waals surface area contributed by atoms with Crippen LogP contribution in [-0.4, -0.2) is 43.3 Å². The fourth-order valence-electron chi connectivity index (χ4n) is 3.28. The van der Waals surface area contributed by atoms with E-state index < -0.39 is 0 Å². The van der Waals surface area contributed by atoms with Crippen molar-refractivity contribution in [1.29, 1.82) is 0 Å². The summed E-state index contributed by atoms with van der Waals surface area (Å²) in [4.78, 5) is 26.1. The van der Waals surface area contributed by atoms with Gasteiger partial charge in [0, 0.05) is 19.5 Å². The molecule has 1 saturated heterocycles. The van der Waals surface area contributed by atoms with E-state index in [0.717, 1.165) is 25.8 Å². The van der Waals surface area contributed by atoms with Crippen LogP contribution in [-0.2, 0) is 9.59 Å². The van der Waals surface area contributed by atoms with Crippen molar-refractivity contribution < 1.29 is 9.59 Å². The highest BCUT2D eigenvalue weighted by Crippen LogP contribution is 2.31. The summed E-state index contributed by atoms with van der Waals surface area (Å²) < 4.78 is 0. The number of hydrogen-bond acceptors (Lipinski definition) is 3. The van der Waals surface area contributed by atoms with Crippen molar-refractivity contribution in [2.24, 2.45) is 11.3 Å². The molecule has 1 unspecified atom stereocenters. The van der Waals surface area contributed by atoms with Gasteiger partial charge in [-0.1, -0.05) is 12.8 Å². The van der Waals surface area contributed by atoms with Crippen LogP contribution in [0.2, 0.25) is 0 Å². The van der Waals surface area contributed by atoms with E-state index >= 15 is 0 Å². The normalized spacial score (nSPS) is 29.7. The van der Waals surface area contributed by atoms with Crippen LogP contribution in [0.25, 0.3) is 0 Å². The number of nitrogens with one attached hydrogen (secondary N) is 1. The third kappa shape index (κ3) is 2.74. The Morgan fingerprint density at radius 3 is 2.61 bits per heavy atom. The predicted molar refractivity (Wildman–Crippen MR) is 70.2 cm³/mol. The van der Waals surface area contributed by atoms with E-state index in [-0.39, 0.29) is 17.2 Å². The zero-order chi connectivity index (χ0) is 13.2. The van der Waals surface area contributed by atoms with Crippen molar-refractivity contribution in [2.45, 2.75) is 39.0 Å². The van der Waals surface area contributed by atoms with Crippen LogP contribution in [0.15, 0.2) is 0 Å². The Balaban J connectivity index is 1.85. The summed E-state index contributed by atoms with van der Waals surface area (Å²) >= 11 is 0. The Kier molecular flexibility index (Phi) is 4.05. The number of carbonyl (C=O) groups is 2. The molecule has 0 aromatic heterocycles. The third-order valence-electron chi connectivity index (χ3n) is 4.52. The molecule has 4 nitrogen and oxygen atoms in total. The van der Waals surface area contributed by atoms with Gasteiger partial charge in [-0.25, -0.2) is 0 Å². The molecule has 0 aromatic carbocycles. The lowest BCUT2D eigenvalue weighted by Gasteiger charge is -2.23. The van der Waals surface area contributed by atoms with E-state index in [1.54, 1.807) is 7.05 Å². The van der Waals surface area contributed by atoms with Gasteiger partial charge in [-0.2, -0.15) is 0 Å². The lowest BCUT2D eigenvalue weighted by Crippen LogP contribution is -2.40.